The Labute approximate surface area is 83.9 Å². The summed E-state index contributed by atoms with van der Waals surface area (Å²) in [6.07, 6.45) is 0. The van der Waals surface area contributed by atoms with Gasteiger partial charge in [-0.2, -0.15) is 0 Å². The maximum Gasteiger partial charge on any atom is 0.326 e. The number of amides is 1. The van der Waals surface area contributed by atoms with Crippen molar-refractivity contribution < 1.29 is 14.7 Å². The molecule has 0 aliphatic carbocycles. The molecule has 82 valence electrons. The number of carboxylic acids is 1. The summed E-state index contributed by atoms with van der Waals surface area (Å²) in [5, 5.41) is 8.69. The molecule has 0 spiro atoms. The second kappa shape index (κ2) is 4.95. The zero-order valence-corrected chi connectivity index (χ0v) is 9.02. The van der Waals surface area contributed by atoms with Gasteiger partial charge in [0.2, 0.25) is 5.91 Å². The van der Waals surface area contributed by atoms with Crippen LogP contribution >= 0.6 is 0 Å². The van der Waals surface area contributed by atoms with Crippen molar-refractivity contribution in [2.24, 2.45) is 11.7 Å². The van der Waals surface area contributed by atoms with Crippen molar-refractivity contribution in [2.75, 3.05) is 7.05 Å². The molecule has 0 saturated heterocycles. The first-order valence-corrected chi connectivity index (χ1v) is 4.54. The van der Waals surface area contributed by atoms with Crippen molar-refractivity contribution in [3.63, 3.8) is 0 Å². The second-order valence-corrected chi connectivity index (χ2v) is 3.73. The third kappa shape index (κ3) is 2.99. The minimum Gasteiger partial charge on any atom is -0.480 e. The molecule has 5 heteroatoms. The van der Waals surface area contributed by atoms with Crippen molar-refractivity contribution in [2.45, 2.75) is 32.9 Å². The molecule has 0 heterocycles. The van der Waals surface area contributed by atoms with Crippen LogP contribution in [0.15, 0.2) is 0 Å². The molecule has 0 fully saturated rings. The summed E-state index contributed by atoms with van der Waals surface area (Å²) >= 11 is 0. The number of aliphatic carboxylic acids is 1. The van der Waals surface area contributed by atoms with Crippen LogP contribution in [-0.4, -0.2) is 41.0 Å². The van der Waals surface area contributed by atoms with Crippen LogP contribution in [0.2, 0.25) is 0 Å². The predicted molar refractivity (Wildman–Crippen MR) is 52.7 cm³/mol. The van der Waals surface area contributed by atoms with Crippen LogP contribution in [0.25, 0.3) is 0 Å². The molecule has 0 aliphatic rings. The number of carbonyl (C=O) groups is 2. The lowest BCUT2D eigenvalue weighted by atomic mass is 10.0. The zero-order chi connectivity index (χ0) is 11.5. The molecule has 0 aromatic heterocycles. The fourth-order valence-corrected chi connectivity index (χ4v) is 0.877. The van der Waals surface area contributed by atoms with Gasteiger partial charge in [0.1, 0.15) is 6.04 Å². The fourth-order valence-electron chi connectivity index (χ4n) is 0.877. The second-order valence-electron chi connectivity index (χ2n) is 3.73. The lowest BCUT2D eigenvalue weighted by molar-refractivity contribution is -0.149. The van der Waals surface area contributed by atoms with Gasteiger partial charge in [-0.3, -0.25) is 4.79 Å². The van der Waals surface area contributed by atoms with Gasteiger partial charge in [-0.05, 0) is 12.8 Å². The van der Waals surface area contributed by atoms with Gasteiger partial charge in [0.05, 0.1) is 6.04 Å². The van der Waals surface area contributed by atoms with E-state index in [1.807, 2.05) is 13.8 Å². The van der Waals surface area contributed by atoms with E-state index in [-0.39, 0.29) is 11.8 Å². The van der Waals surface area contributed by atoms with Gasteiger partial charge in [-0.25, -0.2) is 4.79 Å². The van der Waals surface area contributed by atoms with E-state index >= 15 is 0 Å². The van der Waals surface area contributed by atoms with Gasteiger partial charge in [0.15, 0.2) is 0 Å². The number of carbonyl (C=O) groups excluding carboxylic acids is 1. The van der Waals surface area contributed by atoms with E-state index < -0.39 is 18.1 Å². The number of hydrogen-bond donors (Lipinski definition) is 2. The summed E-state index contributed by atoms with van der Waals surface area (Å²) in [5.74, 6) is -1.36. The molecule has 3 N–H and O–H groups in total. The Morgan fingerprint density at radius 1 is 1.29 bits per heavy atom. The lowest BCUT2D eigenvalue weighted by Gasteiger charge is -2.26. The molecule has 0 saturated carbocycles. The molecule has 2 atom stereocenters. The topological polar surface area (TPSA) is 83.6 Å². The van der Waals surface area contributed by atoms with Crippen LogP contribution in [0.1, 0.15) is 20.8 Å². The number of nitrogens with two attached hydrogens (primary N) is 1. The first kappa shape index (κ1) is 12.9. The minimum atomic E-state index is -1.03. The van der Waals surface area contributed by atoms with Gasteiger partial charge in [0, 0.05) is 7.05 Å². The van der Waals surface area contributed by atoms with E-state index in [0.717, 1.165) is 4.90 Å². The van der Waals surface area contributed by atoms with Crippen molar-refractivity contribution in [1.82, 2.24) is 4.90 Å². The predicted octanol–water partition coefficient (Wildman–Crippen LogP) is -0.0988. The fraction of sp³-hybridized carbons (Fsp3) is 0.778. The van der Waals surface area contributed by atoms with Gasteiger partial charge in [-0.1, -0.05) is 13.8 Å². The molecule has 0 aromatic rings. The number of hydrogen-bond acceptors (Lipinski definition) is 3. The first-order chi connectivity index (χ1) is 6.29. The average molecular weight is 202 g/mol. The summed E-state index contributed by atoms with van der Waals surface area (Å²) in [6.45, 7) is 5.09. The molecule has 1 amide bonds. The molecule has 5 nitrogen and oxygen atoms in total. The summed E-state index contributed by atoms with van der Waals surface area (Å²) in [7, 11) is 1.45. The maximum absolute atomic E-state index is 11.6. The SMILES string of the molecule is CC(C)[C@H](N)C(=O)N(C)[C@@H](C)C(=O)O. The third-order valence-electron chi connectivity index (χ3n) is 2.29. The van der Waals surface area contributed by atoms with E-state index in [9.17, 15) is 9.59 Å². The Bertz CT molecular complexity index is 228. The smallest absolute Gasteiger partial charge is 0.326 e. The normalized spacial score (nSPS) is 15.0. The van der Waals surface area contributed by atoms with Crippen LogP contribution < -0.4 is 5.73 Å². The summed E-state index contributed by atoms with van der Waals surface area (Å²) in [5.41, 5.74) is 5.61. The summed E-state index contributed by atoms with van der Waals surface area (Å²) in [6, 6.07) is -1.48. The molecule has 0 aromatic carbocycles. The van der Waals surface area contributed by atoms with Gasteiger partial charge < -0.3 is 15.7 Å². The molecule has 0 rings (SSSR count). The Hall–Kier alpha value is -1.10. The number of rotatable bonds is 4. The molecule has 0 unspecified atom stereocenters. The van der Waals surface area contributed by atoms with E-state index in [1.54, 1.807) is 0 Å². The van der Waals surface area contributed by atoms with Crippen molar-refractivity contribution in [3.05, 3.63) is 0 Å². The standard InChI is InChI=1S/C9H18N2O3/c1-5(2)7(10)8(12)11(4)6(3)9(13)14/h5-7H,10H2,1-4H3,(H,13,14)/t6-,7-/m0/s1. The third-order valence-corrected chi connectivity index (χ3v) is 2.29. The van der Waals surface area contributed by atoms with E-state index in [0.29, 0.717) is 0 Å². The zero-order valence-electron chi connectivity index (χ0n) is 9.02. The molecular formula is C9H18N2O3. The van der Waals surface area contributed by atoms with Crippen LogP contribution in [0.3, 0.4) is 0 Å². The molecule has 14 heavy (non-hydrogen) atoms. The number of likely N-dealkylation sites (N-methyl/N-ethyl adjacent to an activating group) is 1. The molecule has 0 aliphatic heterocycles. The summed E-state index contributed by atoms with van der Waals surface area (Å²) < 4.78 is 0. The van der Waals surface area contributed by atoms with Crippen LogP contribution in [-0.2, 0) is 9.59 Å². The first-order valence-electron chi connectivity index (χ1n) is 4.54. The van der Waals surface area contributed by atoms with Gasteiger partial charge >= 0.3 is 5.97 Å². The van der Waals surface area contributed by atoms with Crippen LogP contribution in [0, 0.1) is 5.92 Å². The molecule has 0 radical (unpaired) electrons. The monoisotopic (exact) mass is 202 g/mol. The number of nitrogens with zero attached hydrogens (tertiary/aromatic N) is 1. The lowest BCUT2D eigenvalue weighted by Crippen LogP contribution is -2.50. The average Bonchev–Trinajstić information content (AvgIpc) is 2.12. The maximum atomic E-state index is 11.6. The summed E-state index contributed by atoms with van der Waals surface area (Å²) in [4.78, 5) is 23.3. The highest BCUT2D eigenvalue weighted by atomic mass is 16.4. The Morgan fingerprint density at radius 2 is 1.71 bits per heavy atom. The van der Waals surface area contributed by atoms with Crippen LogP contribution in [0.4, 0.5) is 0 Å². The number of carboxylic acid groups (broad SMARTS) is 1. The molecule has 0 bridgehead atoms. The highest BCUT2D eigenvalue weighted by Gasteiger charge is 2.27. The van der Waals surface area contributed by atoms with Gasteiger partial charge in [0.25, 0.3) is 0 Å². The Kier molecular flexibility index (Phi) is 4.56. The highest BCUT2D eigenvalue weighted by molar-refractivity contribution is 5.86. The largest absolute Gasteiger partial charge is 0.480 e. The minimum absolute atomic E-state index is 0.00550. The van der Waals surface area contributed by atoms with E-state index in [1.165, 1.54) is 14.0 Å². The molecular weight excluding hydrogens is 184 g/mol. The van der Waals surface area contributed by atoms with Crippen LogP contribution in [0.5, 0.6) is 0 Å². The Morgan fingerprint density at radius 3 is 2.00 bits per heavy atom. The Balaban J connectivity index is 4.46. The highest BCUT2D eigenvalue weighted by Crippen LogP contribution is 2.05. The van der Waals surface area contributed by atoms with E-state index in [2.05, 4.69) is 0 Å². The van der Waals surface area contributed by atoms with Crippen molar-refractivity contribution in [1.29, 1.82) is 0 Å². The quantitative estimate of drug-likeness (QED) is 0.667. The van der Waals surface area contributed by atoms with Crippen molar-refractivity contribution >= 4 is 11.9 Å². The van der Waals surface area contributed by atoms with Gasteiger partial charge in [-0.15, -0.1) is 0 Å². The van der Waals surface area contributed by atoms with Crippen molar-refractivity contribution in [3.8, 4) is 0 Å². The van der Waals surface area contributed by atoms with E-state index in [4.69, 9.17) is 10.8 Å².